The van der Waals surface area contributed by atoms with Gasteiger partial charge < -0.3 is 10.6 Å². The Bertz CT molecular complexity index is 632. The first-order chi connectivity index (χ1) is 11.1. The van der Waals surface area contributed by atoms with Crippen LogP contribution < -0.4 is 10.6 Å². The molecule has 0 aliphatic heterocycles. The van der Waals surface area contributed by atoms with Crippen LogP contribution in [0.3, 0.4) is 0 Å². The van der Waals surface area contributed by atoms with E-state index in [0.29, 0.717) is 13.1 Å². The molecule has 0 unspecified atom stereocenters. The lowest BCUT2D eigenvalue weighted by atomic mass is 10.1. The average molecular weight is 318 g/mol. The molecule has 23 heavy (non-hydrogen) atoms. The number of anilines is 1. The molecule has 0 atom stereocenters. The lowest BCUT2D eigenvalue weighted by molar-refractivity contribution is -0.120. The Morgan fingerprint density at radius 2 is 1.78 bits per heavy atom. The van der Waals surface area contributed by atoms with E-state index in [2.05, 4.69) is 22.8 Å². The molecule has 5 heteroatoms. The van der Waals surface area contributed by atoms with Crippen LogP contribution in [0.25, 0.3) is 0 Å². The Morgan fingerprint density at radius 1 is 1.00 bits per heavy atom. The van der Waals surface area contributed by atoms with E-state index in [4.69, 9.17) is 0 Å². The fourth-order valence-electron chi connectivity index (χ4n) is 2.20. The molecule has 0 bridgehead atoms. The van der Waals surface area contributed by atoms with Gasteiger partial charge in [0.2, 0.25) is 5.91 Å². The number of rotatable bonds is 8. The number of hydrogen-bond acceptors (Lipinski definition) is 2. The third-order valence-electron chi connectivity index (χ3n) is 3.41. The molecule has 0 spiro atoms. The van der Waals surface area contributed by atoms with E-state index in [1.807, 2.05) is 18.2 Å². The second kappa shape index (κ2) is 8.88. The van der Waals surface area contributed by atoms with Crippen molar-refractivity contribution in [3.8, 4) is 0 Å². The van der Waals surface area contributed by atoms with Crippen molar-refractivity contribution in [1.82, 2.24) is 5.32 Å². The Hall–Kier alpha value is -2.43. The van der Waals surface area contributed by atoms with Crippen LogP contribution in [0.4, 0.5) is 14.5 Å². The minimum atomic E-state index is -0.659. The van der Waals surface area contributed by atoms with Crippen molar-refractivity contribution in [2.75, 3.05) is 18.4 Å². The van der Waals surface area contributed by atoms with Crippen LogP contribution in [0.15, 0.2) is 48.5 Å². The molecule has 3 nitrogen and oxygen atoms in total. The van der Waals surface area contributed by atoms with E-state index in [0.717, 1.165) is 18.9 Å². The summed E-state index contributed by atoms with van der Waals surface area (Å²) in [6, 6.07) is 13.4. The minimum absolute atomic E-state index is 0.0897. The molecule has 0 heterocycles. The lowest BCUT2D eigenvalue weighted by Gasteiger charge is -2.08. The van der Waals surface area contributed by atoms with Gasteiger partial charge in [0.15, 0.2) is 0 Å². The monoisotopic (exact) mass is 318 g/mol. The van der Waals surface area contributed by atoms with Crippen LogP contribution in [-0.4, -0.2) is 19.0 Å². The standard InChI is InChI=1S/C18H20F2N2O/c19-15-8-9-17(16(20)13-15)21-12-10-18(23)22-11-4-7-14-5-2-1-3-6-14/h1-3,5-6,8-9,13,21H,4,7,10-12H2,(H,22,23). The molecule has 0 aliphatic carbocycles. The van der Waals surface area contributed by atoms with Gasteiger partial charge in [-0.25, -0.2) is 8.78 Å². The fourth-order valence-corrected chi connectivity index (χ4v) is 2.20. The largest absolute Gasteiger partial charge is 0.382 e. The van der Waals surface area contributed by atoms with Gasteiger partial charge in [-0.15, -0.1) is 0 Å². The van der Waals surface area contributed by atoms with Crippen LogP contribution >= 0.6 is 0 Å². The van der Waals surface area contributed by atoms with E-state index >= 15 is 0 Å². The smallest absolute Gasteiger partial charge is 0.221 e. The maximum atomic E-state index is 13.4. The van der Waals surface area contributed by atoms with Crippen molar-refractivity contribution in [3.05, 3.63) is 65.7 Å². The highest BCUT2D eigenvalue weighted by atomic mass is 19.1. The van der Waals surface area contributed by atoms with Crippen LogP contribution in [-0.2, 0) is 11.2 Å². The van der Waals surface area contributed by atoms with Crippen LogP contribution in [0.5, 0.6) is 0 Å². The highest BCUT2D eigenvalue weighted by Gasteiger charge is 2.05. The van der Waals surface area contributed by atoms with Gasteiger partial charge in [0, 0.05) is 25.6 Å². The van der Waals surface area contributed by atoms with Gasteiger partial charge in [0.25, 0.3) is 0 Å². The van der Waals surface area contributed by atoms with Gasteiger partial charge in [-0.3, -0.25) is 4.79 Å². The summed E-state index contributed by atoms with van der Waals surface area (Å²) in [6.45, 7) is 0.908. The van der Waals surface area contributed by atoms with Gasteiger partial charge in [-0.2, -0.15) is 0 Å². The van der Waals surface area contributed by atoms with Crippen molar-refractivity contribution >= 4 is 11.6 Å². The number of carbonyl (C=O) groups excluding carboxylic acids is 1. The highest BCUT2D eigenvalue weighted by molar-refractivity contribution is 5.76. The number of nitrogens with one attached hydrogen (secondary N) is 2. The number of halogens is 2. The predicted octanol–water partition coefficient (Wildman–Crippen LogP) is 3.52. The third-order valence-corrected chi connectivity index (χ3v) is 3.41. The van der Waals surface area contributed by atoms with Gasteiger partial charge in [0.1, 0.15) is 11.6 Å². The Morgan fingerprint density at radius 3 is 2.52 bits per heavy atom. The first kappa shape index (κ1) is 16.9. The fraction of sp³-hybridized carbons (Fsp3) is 0.278. The number of benzene rings is 2. The van der Waals surface area contributed by atoms with E-state index in [1.165, 1.54) is 17.7 Å². The van der Waals surface area contributed by atoms with Crippen LogP contribution in [0.1, 0.15) is 18.4 Å². The number of carbonyl (C=O) groups is 1. The van der Waals surface area contributed by atoms with Crippen molar-refractivity contribution in [2.45, 2.75) is 19.3 Å². The summed E-state index contributed by atoms with van der Waals surface area (Å²) in [5, 5.41) is 5.62. The molecule has 2 aromatic carbocycles. The number of amides is 1. The molecule has 0 radical (unpaired) electrons. The van der Waals surface area contributed by atoms with Crippen molar-refractivity contribution in [3.63, 3.8) is 0 Å². The number of hydrogen-bond donors (Lipinski definition) is 2. The molecule has 0 fully saturated rings. The topological polar surface area (TPSA) is 41.1 Å². The summed E-state index contributed by atoms with van der Waals surface area (Å²) < 4.78 is 26.1. The molecular weight excluding hydrogens is 298 g/mol. The summed E-state index contributed by atoms with van der Waals surface area (Å²) in [4.78, 5) is 11.7. The number of aryl methyl sites for hydroxylation is 1. The first-order valence-corrected chi connectivity index (χ1v) is 7.65. The molecule has 0 saturated carbocycles. The molecule has 2 aromatic rings. The van der Waals surface area contributed by atoms with Crippen molar-refractivity contribution in [2.24, 2.45) is 0 Å². The highest BCUT2D eigenvalue weighted by Crippen LogP contribution is 2.14. The molecule has 0 saturated heterocycles. The summed E-state index contributed by atoms with van der Waals surface area (Å²) >= 11 is 0. The average Bonchev–Trinajstić information content (AvgIpc) is 2.55. The zero-order chi connectivity index (χ0) is 16.5. The zero-order valence-electron chi connectivity index (χ0n) is 12.8. The Balaban J connectivity index is 1.60. The van der Waals surface area contributed by atoms with E-state index < -0.39 is 11.6 Å². The molecule has 2 N–H and O–H groups in total. The van der Waals surface area contributed by atoms with Crippen molar-refractivity contribution < 1.29 is 13.6 Å². The van der Waals surface area contributed by atoms with E-state index in [-0.39, 0.29) is 18.0 Å². The zero-order valence-corrected chi connectivity index (χ0v) is 12.8. The lowest BCUT2D eigenvalue weighted by Crippen LogP contribution is -2.26. The Kier molecular flexibility index (Phi) is 6.54. The molecular formula is C18H20F2N2O. The second-order valence-corrected chi connectivity index (χ2v) is 5.24. The third kappa shape index (κ3) is 6.06. The Labute approximate surface area is 134 Å². The summed E-state index contributed by atoms with van der Waals surface area (Å²) in [5.41, 5.74) is 1.44. The van der Waals surface area contributed by atoms with E-state index in [1.54, 1.807) is 0 Å². The SMILES string of the molecule is O=C(CCNc1ccc(F)cc1F)NCCCc1ccccc1. The van der Waals surface area contributed by atoms with Crippen molar-refractivity contribution in [1.29, 1.82) is 0 Å². The first-order valence-electron chi connectivity index (χ1n) is 7.65. The van der Waals surface area contributed by atoms with Crippen LogP contribution in [0.2, 0.25) is 0 Å². The second-order valence-electron chi connectivity index (χ2n) is 5.24. The summed E-state index contributed by atoms with van der Waals surface area (Å²) in [5.74, 6) is -1.37. The molecule has 2 rings (SSSR count). The van der Waals surface area contributed by atoms with Crippen LogP contribution in [0, 0.1) is 11.6 Å². The van der Waals surface area contributed by atoms with Gasteiger partial charge in [0.05, 0.1) is 5.69 Å². The maximum absolute atomic E-state index is 13.4. The maximum Gasteiger partial charge on any atom is 0.221 e. The minimum Gasteiger partial charge on any atom is -0.382 e. The predicted molar refractivity (Wildman–Crippen MR) is 87.2 cm³/mol. The molecule has 0 aromatic heterocycles. The summed E-state index contributed by atoms with van der Waals surface area (Å²) in [6.07, 6.45) is 2.03. The molecule has 0 aliphatic rings. The normalized spacial score (nSPS) is 10.3. The quantitative estimate of drug-likeness (QED) is 0.731. The van der Waals surface area contributed by atoms with Gasteiger partial charge >= 0.3 is 0 Å². The van der Waals surface area contributed by atoms with Gasteiger partial charge in [-0.05, 0) is 30.5 Å². The van der Waals surface area contributed by atoms with Gasteiger partial charge in [-0.1, -0.05) is 30.3 Å². The molecule has 1 amide bonds. The molecule has 122 valence electrons. The van der Waals surface area contributed by atoms with E-state index in [9.17, 15) is 13.6 Å². The summed E-state index contributed by atoms with van der Waals surface area (Å²) in [7, 11) is 0.